The molecule has 3 aliphatic rings. The molecular formula is C24H21O9P. The lowest BCUT2D eigenvalue weighted by Crippen LogP contribution is -1.99. The maximum Gasteiger partial charge on any atom is 0.324 e. The lowest BCUT2D eigenvalue weighted by molar-refractivity contribution is -0.132. The molecule has 3 N–H and O–H groups in total. The van der Waals surface area contributed by atoms with Gasteiger partial charge in [-0.25, -0.2) is 0 Å². The molecule has 0 fully saturated rings. The van der Waals surface area contributed by atoms with Crippen LogP contribution < -0.4 is 14.2 Å². The summed E-state index contributed by atoms with van der Waals surface area (Å²) in [7, 11) is -2.62. The van der Waals surface area contributed by atoms with Crippen molar-refractivity contribution < 1.29 is 43.3 Å². The van der Waals surface area contributed by atoms with Crippen LogP contribution >= 0.6 is 8.60 Å². The molecule has 0 radical (unpaired) electrons. The molecule has 0 atom stereocenters. The van der Waals surface area contributed by atoms with Crippen LogP contribution in [0, 0.1) is 0 Å². The van der Waals surface area contributed by atoms with Crippen molar-refractivity contribution in [3.63, 3.8) is 0 Å². The van der Waals surface area contributed by atoms with Crippen molar-refractivity contribution in [2.45, 2.75) is 19.3 Å². The molecule has 3 aromatic carbocycles. The van der Waals surface area contributed by atoms with E-state index in [2.05, 4.69) is 0 Å². The highest BCUT2D eigenvalue weighted by molar-refractivity contribution is 7.38. The molecule has 0 spiro atoms. The fourth-order valence-corrected chi connectivity index (χ4v) is 3.19. The van der Waals surface area contributed by atoms with E-state index in [1.807, 2.05) is 54.6 Å². The number of esters is 3. The molecule has 3 aromatic rings. The molecule has 9 nitrogen and oxygen atoms in total. The second-order valence-corrected chi connectivity index (χ2v) is 7.58. The number of para-hydroxylation sites is 3. The molecule has 0 bridgehead atoms. The molecule has 0 saturated carbocycles. The Labute approximate surface area is 196 Å². The summed E-state index contributed by atoms with van der Waals surface area (Å²) in [6.45, 7) is 0. The first kappa shape index (κ1) is 25.0. The fraction of sp³-hybridized carbons (Fsp3) is 0.125. The number of benzene rings is 3. The Hall–Kier alpha value is -3.62. The van der Waals surface area contributed by atoms with E-state index in [1.165, 1.54) is 0 Å². The predicted octanol–water partition coefficient (Wildman–Crippen LogP) is 2.63. The van der Waals surface area contributed by atoms with Gasteiger partial charge in [0.1, 0.15) is 17.2 Å². The number of carbonyl (C=O) groups is 3. The Morgan fingerprint density at radius 2 is 0.735 bits per heavy atom. The molecule has 3 heterocycles. The molecule has 0 aliphatic carbocycles. The number of rotatable bonds is 0. The van der Waals surface area contributed by atoms with Crippen molar-refractivity contribution >= 4 is 26.5 Å². The van der Waals surface area contributed by atoms with Gasteiger partial charge in [0.15, 0.2) is 0 Å². The summed E-state index contributed by atoms with van der Waals surface area (Å²) in [5.41, 5.74) is 2.98. The highest BCUT2D eigenvalue weighted by atomic mass is 31.2. The largest absolute Gasteiger partial charge is 0.426 e. The van der Waals surface area contributed by atoms with E-state index in [9.17, 15) is 14.4 Å². The Morgan fingerprint density at radius 1 is 0.500 bits per heavy atom. The zero-order chi connectivity index (χ0) is 24.5. The van der Waals surface area contributed by atoms with Crippen LogP contribution in [0.1, 0.15) is 16.7 Å². The lowest BCUT2D eigenvalue weighted by Gasteiger charge is -1.91. The number of fused-ring (bicyclic) bond motifs is 3. The lowest BCUT2D eigenvalue weighted by atomic mass is 10.2. The summed E-state index contributed by atoms with van der Waals surface area (Å²) in [6, 6.07) is 22.4. The summed E-state index contributed by atoms with van der Waals surface area (Å²) in [4.78, 5) is 53.7. The average Bonchev–Trinajstić information content (AvgIpc) is 3.47. The van der Waals surface area contributed by atoms with E-state index < -0.39 is 8.60 Å². The third kappa shape index (κ3) is 7.47. The summed E-state index contributed by atoms with van der Waals surface area (Å²) in [5.74, 6) is 1.69. The van der Waals surface area contributed by atoms with Gasteiger partial charge in [-0.2, -0.15) is 0 Å². The summed E-state index contributed by atoms with van der Waals surface area (Å²) >= 11 is 0. The molecule has 34 heavy (non-hydrogen) atoms. The van der Waals surface area contributed by atoms with Gasteiger partial charge >= 0.3 is 26.5 Å². The zero-order valence-corrected chi connectivity index (χ0v) is 18.7. The van der Waals surface area contributed by atoms with Crippen LogP contribution in [0.25, 0.3) is 0 Å². The van der Waals surface area contributed by atoms with Gasteiger partial charge in [0, 0.05) is 16.7 Å². The molecular weight excluding hydrogens is 463 g/mol. The van der Waals surface area contributed by atoms with E-state index in [0.29, 0.717) is 36.5 Å². The van der Waals surface area contributed by atoms with E-state index >= 15 is 0 Å². The van der Waals surface area contributed by atoms with Crippen LogP contribution in [0.2, 0.25) is 0 Å². The molecule has 10 heteroatoms. The van der Waals surface area contributed by atoms with Crippen LogP contribution in [0.5, 0.6) is 17.2 Å². The van der Waals surface area contributed by atoms with Gasteiger partial charge in [0.2, 0.25) is 0 Å². The SMILES string of the molecule is O=C1Cc2ccccc2O1.O=C1Cc2ccccc2O1.O=C1Cc2ccccc2O1.OP(O)O. The third-order valence-corrected chi connectivity index (χ3v) is 4.59. The number of carbonyl (C=O) groups excluding carboxylic acids is 3. The Kier molecular flexibility index (Phi) is 8.84. The van der Waals surface area contributed by atoms with Gasteiger partial charge in [0.25, 0.3) is 0 Å². The molecule has 176 valence electrons. The molecule has 0 unspecified atom stereocenters. The van der Waals surface area contributed by atoms with Crippen molar-refractivity contribution in [3.8, 4) is 17.2 Å². The van der Waals surface area contributed by atoms with Crippen LogP contribution in [-0.2, 0) is 33.6 Å². The van der Waals surface area contributed by atoms with Crippen molar-refractivity contribution in [2.24, 2.45) is 0 Å². The third-order valence-electron chi connectivity index (χ3n) is 4.59. The number of hydrogen-bond acceptors (Lipinski definition) is 9. The van der Waals surface area contributed by atoms with Crippen molar-refractivity contribution in [3.05, 3.63) is 89.5 Å². The summed E-state index contributed by atoms with van der Waals surface area (Å²) in [6.07, 6.45) is 1.28. The van der Waals surface area contributed by atoms with E-state index in [1.54, 1.807) is 18.2 Å². The monoisotopic (exact) mass is 484 g/mol. The topological polar surface area (TPSA) is 140 Å². The van der Waals surface area contributed by atoms with Crippen molar-refractivity contribution in [2.75, 3.05) is 0 Å². The van der Waals surface area contributed by atoms with E-state index in [4.69, 9.17) is 28.9 Å². The number of ether oxygens (including phenoxy) is 3. The van der Waals surface area contributed by atoms with Gasteiger partial charge in [-0.05, 0) is 18.2 Å². The van der Waals surface area contributed by atoms with Crippen molar-refractivity contribution in [1.82, 2.24) is 0 Å². The molecule has 3 aliphatic heterocycles. The fourth-order valence-electron chi connectivity index (χ4n) is 3.19. The minimum absolute atomic E-state index is 0.152. The average molecular weight is 484 g/mol. The quantitative estimate of drug-likeness (QED) is 0.250. The molecule has 0 aromatic heterocycles. The normalized spacial score (nSPS) is 13.9. The highest BCUT2D eigenvalue weighted by Crippen LogP contribution is 2.25. The number of hydrogen-bond donors (Lipinski definition) is 3. The summed E-state index contributed by atoms with van der Waals surface area (Å²) < 4.78 is 14.6. The van der Waals surface area contributed by atoms with Gasteiger partial charge in [0.05, 0.1) is 19.3 Å². The van der Waals surface area contributed by atoms with Gasteiger partial charge in [-0.1, -0.05) is 54.6 Å². The Bertz CT molecular complexity index is 951. The smallest absolute Gasteiger partial charge is 0.324 e. The minimum Gasteiger partial charge on any atom is -0.426 e. The van der Waals surface area contributed by atoms with Crippen molar-refractivity contribution in [1.29, 1.82) is 0 Å². The second-order valence-electron chi connectivity index (χ2n) is 7.04. The Morgan fingerprint density at radius 3 is 0.971 bits per heavy atom. The minimum atomic E-state index is -2.62. The van der Waals surface area contributed by atoms with Crippen LogP contribution in [0.3, 0.4) is 0 Å². The van der Waals surface area contributed by atoms with E-state index in [-0.39, 0.29) is 17.9 Å². The maximum atomic E-state index is 10.7. The Balaban J connectivity index is 0.000000133. The van der Waals surface area contributed by atoms with Crippen LogP contribution in [0.4, 0.5) is 0 Å². The standard InChI is InChI=1S/3C8H6O2.H3O3P/c3*9-8-5-6-3-1-2-4-7(6)10-8;1-4(2)3/h3*1-4H,5H2;1-3H. The molecule has 6 rings (SSSR count). The zero-order valence-electron chi connectivity index (χ0n) is 17.8. The molecule has 0 amide bonds. The highest BCUT2D eigenvalue weighted by Gasteiger charge is 2.19. The predicted molar refractivity (Wildman–Crippen MR) is 121 cm³/mol. The first-order valence-corrected chi connectivity index (χ1v) is 11.2. The van der Waals surface area contributed by atoms with Gasteiger partial charge < -0.3 is 28.9 Å². The molecule has 0 saturated heterocycles. The first-order valence-electron chi connectivity index (χ1n) is 10.0. The maximum absolute atomic E-state index is 10.7. The van der Waals surface area contributed by atoms with Crippen LogP contribution in [-0.4, -0.2) is 32.6 Å². The first-order chi connectivity index (χ1) is 16.3. The summed E-state index contributed by atoms with van der Waals surface area (Å²) in [5, 5.41) is 0. The van der Waals surface area contributed by atoms with Crippen LogP contribution in [0.15, 0.2) is 72.8 Å². The second kappa shape index (κ2) is 12.0. The van der Waals surface area contributed by atoms with Gasteiger partial charge in [-0.3, -0.25) is 14.4 Å². The van der Waals surface area contributed by atoms with Gasteiger partial charge in [-0.15, -0.1) is 0 Å². The van der Waals surface area contributed by atoms with E-state index in [0.717, 1.165) is 16.7 Å².